The normalized spacial score (nSPS) is 13.4. The lowest BCUT2D eigenvalue weighted by molar-refractivity contribution is -0.161. The summed E-state index contributed by atoms with van der Waals surface area (Å²) in [7, 11) is -4.38. The second kappa shape index (κ2) is 46.0. The van der Waals surface area contributed by atoms with Crippen LogP contribution in [0.3, 0.4) is 0 Å². The Morgan fingerprint density at radius 3 is 1.32 bits per heavy atom. The van der Waals surface area contributed by atoms with Crippen LogP contribution in [0.25, 0.3) is 0 Å². The fourth-order valence-electron chi connectivity index (χ4n) is 7.14. The third-order valence-electron chi connectivity index (χ3n) is 10.8. The fourth-order valence-corrected chi connectivity index (χ4v) is 7.90. The van der Waals surface area contributed by atoms with Crippen LogP contribution in [0.5, 0.6) is 0 Å². The van der Waals surface area contributed by atoms with E-state index < -0.39 is 26.5 Å². The molecule has 10 heteroatoms. The summed E-state index contributed by atoms with van der Waals surface area (Å²) in [5.74, 6) is -0.825. The van der Waals surface area contributed by atoms with Crippen LogP contribution in [-0.2, 0) is 32.7 Å². The summed E-state index contributed by atoms with van der Waals surface area (Å²) in [5, 5.41) is 0. The molecule has 0 aliphatic heterocycles. The Kier molecular flexibility index (Phi) is 44.8. The van der Waals surface area contributed by atoms with E-state index in [2.05, 4.69) is 38.2 Å². The molecule has 0 aliphatic rings. The Hall–Kier alpha value is -1.51. The van der Waals surface area contributed by atoms with E-state index in [-0.39, 0.29) is 38.6 Å². The maximum Gasteiger partial charge on any atom is 0.472 e. The van der Waals surface area contributed by atoms with Crippen molar-refractivity contribution < 1.29 is 37.6 Å². The molecular formula is C49H94NO8P. The average molecular weight is 856 g/mol. The van der Waals surface area contributed by atoms with E-state index >= 15 is 0 Å². The Morgan fingerprint density at radius 2 is 0.881 bits per heavy atom. The largest absolute Gasteiger partial charge is 0.472 e. The zero-order valence-corrected chi connectivity index (χ0v) is 39.4. The molecule has 3 N–H and O–H groups in total. The van der Waals surface area contributed by atoms with Gasteiger partial charge in [-0.15, -0.1) is 0 Å². The summed E-state index contributed by atoms with van der Waals surface area (Å²) in [6.45, 7) is 3.74. The van der Waals surface area contributed by atoms with Crippen LogP contribution >= 0.6 is 7.82 Å². The highest BCUT2D eigenvalue weighted by atomic mass is 31.2. The zero-order valence-electron chi connectivity index (χ0n) is 38.5. The van der Waals surface area contributed by atoms with Crippen LogP contribution in [0, 0.1) is 0 Å². The van der Waals surface area contributed by atoms with E-state index in [1.165, 1.54) is 161 Å². The second-order valence-corrected chi connectivity index (χ2v) is 18.1. The Bertz CT molecular complexity index is 1020. The van der Waals surface area contributed by atoms with Crippen molar-refractivity contribution in [3.63, 3.8) is 0 Å². The quantitative estimate of drug-likeness (QED) is 0.0265. The maximum atomic E-state index is 12.6. The molecule has 0 fully saturated rings. The number of allylic oxidation sites excluding steroid dienone is 4. The Labute approximate surface area is 363 Å². The van der Waals surface area contributed by atoms with Crippen molar-refractivity contribution in [1.82, 2.24) is 0 Å². The Morgan fingerprint density at radius 1 is 0.508 bits per heavy atom. The lowest BCUT2D eigenvalue weighted by Gasteiger charge is -2.19. The minimum Gasteiger partial charge on any atom is -0.462 e. The van der Waals surface area contributed by atoms with Gasteiger partial charge < -0.3 is 20.1 Å². The van der Waals surface area contributed by atoms with Gasteiger partial charge in [-0.1, -0.05) is 212 Å². The summed E-state index contributed by atoms with van der Waals surface area (Å²) < 4.78 is 32.9. The third-order valence-corrected chi connectivity index (χ3v) is 11.8. The van der Waals surface area contributed by atoms with Crippen molar-refractivity contribution >= 4 is 19.8 Å². The van der Waals surface area contributed by atoms with Crippen molar-refractivity contribution in [1.29, 1.82) is 0 Å². The molecule has 0 amide bonds. The monoisotopic (exact) mass is 856 g/mol. The smallest absolute Gasteiger partial charge is 0.462 e. The zero-order chi connectivity index (χ0) is 43.2. The minimum atomic E-state index is -4.38. The molecule has 0 heterocycles. The predicted octanol–water partition coefficient (Wildman–Crippen LogP) is 14.7. The highest BCUT2D eigenvalue weighted by Gasteiger charge is 2.26. The number of phosphoric acid groups is 1. The van der Waals surface area contributed by atoms with E-state index in [9.17, 15) is 19.0 Å². The molecule has 0 rings (SSSR count). The SMILES string of the molecule is CCCCC/C=C\C/C=C\CCCCCCCCCC(=O)OC[C@H](COP(=O)(O)OCCN)OC(=O)CCCCCCCCCCCCCCCCCCCCCCC. The van der Waals surface area contributed by atoms with Gasteiger partial charge in [-0.25, -0.2) is 4.57 Å². The molecule has 0 aliphatic carbocycles. The minimum absolute atomic E-state index is 0.0542. The standard InChI is InChI=1S/C49H94NO8P/c1-3-5-7-9-11-13-15-17-19-21-22-23-24-26-28-30-32-34-36-38-40-42-49(52)58-47(46-57-59(53,54)56-44-43-50)45-55-48(51)41-39-37-35-33-31-29-27-25-20-18-16-14-12-10-8-6-4-2/h12,14,18,20,47H,3-11,13,15-17,19,21-46,50H2,1-2H3,(H,53,54)/b14-12-,20-18-/t47-/m1/s1. The number of nitrogens with two attached hydrogens (primary N) is 1. The molecular weight excluding hydrogens is 762 g/mol. The summed E-state index contributed by atoms with van der Waals surface area (Å²) in [6, 6.07) is 0. The maximum absolute atomic E-state index is 12.6. The summed E-state index contributed by atoms with van der Waals surface area (Å²) >= 11 is 0. The predicted molar refractivity (Wildman–Crippen MR) is 247 cm³/mol. The number of unbranched alkanes of at least 4 members (excludes halogenated alkanes) is 30. The summed E-state index contributed by atoms with van der Waals surface area (Å²) in [5.41, 5.74) is 5.36. The van der Waals surface area contributed by atoms with Crippen LogP contribution in [0.1, 0.15) is 245 Å². The van der Waals surface area contributed by atoms with Crippen LogP contribution < -0.4 is 5.73 Å². The topological polar surface area (TPSA) is 134 Å². The Balaban J connectivity index is 4.04. The van der Waals surface area contributed by atoms with Crippen LogP contribution in [0.15, 0.2) is 24.3 Å². The van der Waals surface area contributed by atoms with Gasteiger partial charge in [0.2, 0.25) is 0 Å². The summed E-state index contributed by atoms with van der Waals surface area (Å²) in [6.07, 6.45) is 50.7. The van der Waals surface area contributed by atoms with Gasteiger partial charge in [0.15, 0.2) is 6.10 Å². The summed E-state index contributed by atoms with van der Waals surface area (Å²) in [4.78, 5) is 35.0. The van der Waals surface area contributed by atoms with E-state index in [0.717, 1.165) is 51.4 Å². The third kappa shape index (κ3) is 45.8. The molecule has 348 valence electrons. The first-order chi connectivity index (χ1) is 28.8. The molecule has 0 radical (unpaired) electrons. The van der Waals surface area contributed by atoms with Crippen LogP contribution in [0.4, 0.5) is 0 Å². The highest BCUT2D eigenvalue weighted by molar-refractivity contribution is 7.47. The van der Waals surface area contributed by atoms with Gasteiger partial charge in [-0.3, -0.25) is 18.6 Å². The number of hydrogen-bond acceptors (Lipinski definition) is 8. The number of carbonyl (C=O) groups excluding carboxylic acids is 2. The average Bonchev–Trinajstić information content (AvgIpc) is 3.22. The van der Waals surface area contributed by atoms with Gasteiger partial charge in [0.25, 0.3) is 0 Å². The lowest BCUT2D eigenvalue weighted by Crippen LogP contribution is -2.29. The number of carbonyl (C=O) groups is 2. The van der Waals surface area contributed by atoms with E-state index in [1.54, 1.807) is 0 Å². The number of phosphoric ester groups is 1. The second-order valence-electron chi connectivity index (χ2n) is 16.7. The molecule has 0 bridgehead atoms. The highest BCUT2D eigenvalue weighted by Crippen LogP contribution is 2.43. The van der Waals surface area contributed by atoms with E-state index in [0.29, 0.717) is 6.42 Å². The van der Waals surface area contributed by atoms with Crippen molar-refractivity contribution in [3.8, 4) is 0 Å². The molecule has 0 aromatic rings. The number of esters is 2. The molecule has 59 heavy (non-hydrogen) atoms. The van der Waals surface area contributed by atoms with E-state index in [4.69, 9.17) is 24.3 Å². The van der Waals surface area contributed by atoms with Crippen LogP contribution in [-0.4, -0.2) is 49.3 Å². The van der Waals surface area contributed by atoms with Gasteiger partial charge in [0, 0.05) is 19.4 Å². The van der Waals surface area contributed by atoms with E-state index in [1.807, 2.05) is 0 Å². The molecule has 0 aromatic heterocycles. The van der Waals surface area contributed by atoms with Gasteiger partial charge >= 0.3 is 19.8 Å². The van der Waals surface area contributed by atoms with Crippen molar-refractivity contribution in [2.24, 2.45) is 5.73 Å². The van der Waals surface area contributed by atoms with Gasteiger partial charge in [-0.2, -0.15) is 0 Å². The van der Waals surface area contributed by atoms with Gasteiger partial charge in [0.05, 0.1) is 13.2 Å². The van der Waals surface area contributed by atoms with Crippen molar-refractivity contribution in [2.75, 3.05) is 26.4 Å². The van der Waals surface area contributed by atoms with Gasteiger partial charge in [-0.05, 0) is 44.9 Å². The number of rotatable bonds is 47. The molecule has 1 unspecified atom stereocenters. The lowest BCUT2D eigenvalue weighted by atomic mass is 10.0. The molecule has 0 saturated carbocycles. The number of hydrogen-bond donors (Lipinski definition) is 2. The molecule has 0 spiro atoms. The van der Waals surface area contributed by atoms with Crippen molar-refractivity contribution in [3.05, 3.63) is 24.3 Å². The first kappa shape index (κ1) is 57.5. The van der Waals surface area contributed by atoms with Crippen LogP contribution in [0.2, 0.25) is 0 Å². The number of ether oxygens (including phenoxy) is 2. The molecule has 2 atom stereocenters. The van der Waals surface area contributed by atoms with Crippen molar-refractivity contribution in [2.45, 2.75) is 251 Å². The first-order valence-electron chi connectivity index (χ1n) is 24.8. The van der Waals surface area contributed by atoms with Gasteiger partial charge in [0.1, 0.15) is 6.61 Å². The molecule has 0 aromatic carbocycles. The molecule has 0 saturated heterocycles. The molecule has 9 nitrogen and oxygen atoms in total. The first-order valence-corrected chi connectivity index (χ1v) is 26.3. The fraction of sp³-hybridized carbons (Fsp3) is 0.878.